The number of ether oxygens (including phenoxy) is 8. The van der Waals surface area contributed by atoms with Crippen molar-refractivity contribution in [2.24, 2.45) is 0 Å². The number of carbonyl (C=O) groups is 1. The SMILES string of the molecule is COc1ccc(C(OC[C@H]2O[C@H](OC)[C@H](OC(C)=O)[C@H]3OC(C)(C)O[C@H]32)(c2ccccc2)c2ccc(OC)cc2)cc1. The lowest BCUT2D eigenvalue weighted by Gasteiger charge is -2.43. The summed E-state index contributed by atoms with van der Waals surface area (Å²) in [6.45, 7) is 5.08. The molecular weight excluding hydrogens is 540 g/mol. The number of fused-ring (bicyclic) bond motifs is 1. The summed E-state index contributed by atoms with van der Waals surface area (Å²) in [5, 5.41) is 0. The largest absolute Gasteiger partial charge is 0.497 e. The van der Waals surface area contributed by atoms with Gasteiger partial charge >= 0.3 is 5.97 Å². The van der Waals surface area contributed by atoms with E-state index in [1.807, 2.05) is 92.7 Å². The second kappa shape index (κ2) is 12.4. The summed E-state index contributed by atoms with van der Waals surface area (Å²) >= 11 is 0. The Morgan fingerprint density at radius 3 is 1.81 bits per heavy atom. The molecule has 0 amide bonds. The second-order valence-corrected chi connectivity index (χ2v) is 10.7. The molecule has 2 fully saturated rings. The highest BCUT2D eigenvalue weighted by atomic mass is 16.8. The van der Waals surface area contributed by atoms with E-state index in [1.54, 1.807) is 14.2 Å². The fourth-order valence-electron chi connectivity index (χ4n) is 5.76. The molecule has 9 nitrogen and oxygen atoms in total. The zero-order valence-electron chi connectivity index (χ0n) is 24.8. The molecule has 3 aromatic rings. The van der Waals surface area contributed by atoms with Crippen molar-refractivity contribution in [1.82, 2.24) is 0 Å². The quantitative estimate of drug-likeness (QED) is 0.248. The van der Waals surface area contributed by atoms with Gasteiger partial charge in [0.15, 0.2) is 18.2 Å². The summed E-state index contributed by atoms with van der Waals surface area (Å²) in [6.07, 6.45) is -3.51. The van der Waals surface area contributed by atoms with Gasteiger partial charge in [-0.3, -0.25) is 4.79 Å². The minimum atomic E-state index is -1.05. The number of carbonyl (C=O) groups excluding carboxylic acids is 1. The van der Waals surface area contributed by atoms with Crippen molar-refractivity contribution in [3.63, 3.8) is 0 Å². The lowest BCUT2D eigenvalue weighted by molar-refractivity contribution is -0.283. The van der Waals surface area contributed by atoms with Crippen LogP contribution >= 0.6 is 0 Å². The van der Waals surface area contributed by atoms with Crippen molar-refractivity contribution in [2.45, 2.75) is 62.9 Å². The normalized spacial score (nSPS) is 25.0. The van der Waals surface area contributed by atoms with Crippen LogP contribution in [-0.4, -0.2) is 70.4 Å². The minimum absolute atomic E-state index is 0.0974. The predicted octanol–water partition coefficient (Wildman–Crippen LogP) is 4.84. The number of esters is 1. The van der Waals surface area contributed by atoms with E-state index in [-0.39, 0.29) is 6.61 Å². The van der Waals surface area contributed by atoms with E-state index < -0.39 is 48.1 Å². The second-order valence-electron chi connectivity index (χ2n) is 10.7. The van der Waals surface area contributed by atoms with Gasteiger partial charge < -0.3 is 37.9 Å². The Labute approximate surface area is 246 Å². The predicted molar refractivity (Wildman–Crippen MR) is 153 cm³/mol. The third-order valence-corrected chi connectivity index (χ3v) is 7.60. The van der Waals surface area contributed by atoms with E-state index in [0.717, 1.165) is 28.2 Å². The molecule has 42 heavy (non-hydrogen) atoms. The molecule has 0 spiro atoms. The van der Waals surface area contributed by atoms with Crippen LogP contribution in [0.15, 0.2) is 78.9 Å². The van der Waals surface area contributed by atoms with E-state index in [0.29, 0.717) is 0 Å². The Kier molecular flexibility index (Phi) is 8.86. The fraction of sp³-hybridized carbons (Fsp3) is 0.424. The van der Waals surface area contributed by atoms with Crippen LogP contribution in [0.2, 0.25) is 0 Å². The number of methoxy groups -OCH3 is 3. The number of hydrogen-bond donors (Lipinski definition) is 0. The maximum absolute atomic E-state index is 12.0. The Morgan fingerprint density at radius 2 is 1.31 bits per heavy atom. The maximum atomic E-state index is 12.0. The average molecular weight is 579 g/mol. The monoisotopic (exact) mass is 578 g/mol. The van der Waals surface area contributed by atoms with Crippen molar-refractivity contribution in [1.29, 1.82) is 0 Å². The van der Waals surface area contributed by atoms with Crippen molar-refractivity contribution < 1.29 is 42.7 Å². The van der Waals surface area contributed by atoms with Crippen LogP contribution in [-0.2, 0) is 38.8 Å². The van der Waals surface area contributed by atoms with Gasteiger partial charge in [-0.05, 0) is 54.8 Å². The molecule has 2 saturated heterocycles. The van der Waals surface area contributed by atoms with Crippen LogP contribution in [0, 0.1) is 0 Å². The summed E-state index contributed by atoms with van der Waals surface area (Å²) < 4.78 is 48.1. The van der Waals surface area contributed by atoms with E-state index in [2.05, 4.69) is 0 Å². The van der Waals surface area contributed by atoms with Gasteiger partial charge in [0.25, 0.3) is 0 Å². The van der Waals surface area contributed by atoms with Gasteiger partial charge in [0, 0.05) is 14.0 Å². The lowest BCUT2D eigenvalue weighted by Crippen LogP contribution is -2.59. The van der Waals surface area contributed by atoms with Gasteiger partial charge in [-0.15, -0.1) is 0 Å². The molecule has 5 atom stereocenters. The molecule has 5 rings (SSSR count). The number of benzene rings is 3. The van der Waals surface area contributed by atoms with Crippen LogP contribution in [0.25, 0.3) is 0 Å². The third kappa shape index (κ3) is 5.88. The lowest BCUT2D eigenvalue weighted by atomic mass is 9.80. The molecular formula is C33H38O9. The Hall–Kier alpha value is -3.47. The summed E-state index contributed by atoms with van der Waals surface area (Å²) in [5.41, 5.74) is 1.63. The maximum Gasteiger partial charge on any atom is 0.303 e. The molecule has 0 saturated carbocycles. The van der Waals surface area contributed by atoms with Crippen LogP contribution in [0.3, 0.4) is 0 Å². The summed E-state index contributed by atoms with van der Waals surface area (Å²) in [7, 11) is 4.77. The molecule has 9 heteroatoms. The van der Waals surface area contributed by atoms with Crippen LogP contribution < -0.4 is 9.47 Å². The molecule has 0 aliphatic carbocycles. The molecule has 0 unspecified atom stereocenters. The van der Waals surface area contributed by atoms with Crippen LogP contribution in [0.4, 0.5) is 0 Å². The first-order valence-corrected chi connectivity index (χ1v) is 13.9. The molecule has 0 N–H and O–H groups in total. The van der Waals surface area contributed by atoms with Gasteiger partial charge in [-0.25, -0.2) is 0 Å². The van der Waals surface area contributed by atoms with E-state index in [9.17, 15) is 4.79 Å². The fourth-order valence-corrected chi connectivity index (χ4v) is 5.76. The molecule has 224 valence electrons. The third-order valence-electron chi connectivity index (χ3n) is 7.60. The summed E-state index contributed by atoms with van der Waals surface area (Å²) in [5.74, 6) is 0.0640. The van der Waals surface area contributed by atoms with Crippen LogP contribution in [0.1, 0.15) is 37.5 Å². The molecule has 0 aromatic heterocycles. The molecule has 2 heterocycles. The van der Waals surface area contributed by atoms with Gasteiger partial charge in [0.1, 0.15) is 35.4 Å². The standard InChI is InChI=1S/C33H38O9/c1-21(34)39-30-29-28(41-32(2,3)42-29)27(40-31(30)37-6)20-38-33(22-10-8-7-9-11-22,23-12-16-25(35-4)17-13-23)24-14-18-26(36-5)19-15-24/h7-19,27-31H,20H2,1-6H3/t27-,28+,29+,30-,31+/m1/s1. The average Bonchev–Trinajstić information content (AvgIpc) is 3.34. The smallest absolute Gasteiger partial charge is 0.303 e. The summed E-state index contributed by atoms with van der Waals surface area (Å²) in [6, 6.07) is 25.6. The molecule has 3 aromatic carbocycles. The van der Waals surface area contributed by atoms with E-state index in [1.165, 1.54) is 14.0 Å². The Bertz CT molecular complexity index is 1280. The Balaban J connectivity index is 1.58. The minimum Gasteiger partial charge on any atom is -0.497 e. The first kappa shape index (κ1) is 30.0. The van der Waals surface area contributed by atoms with Gasteiger partial charge in [-0.1, -0.05) is 54.6 Å². The topological polar surface area (TPSA) is 90.9 Å². The molecule has 2 aliphatic heterocycles. The highest BCUT2D eigenvalue weighted by Crippen LogP contribution is 2.44. The Morgan fingerprint density at radius 1 is 0.786 bits per heavy atom. The van der Waals surface area contributed by atoms with Gasteiger partial charge in [0.2, 0.25) is 0 Å². The number of rotatable bonds is 10. The first-order valence-electron chi connectivity index (χ1n) is 13.9. The first-order chi connectivity index (χ1) is 20.2. The van der Waals surface area contributed by atoms with Gasteiger partial charge in [-0.2, -0.15) is 0 Å². The van der Waals surface area contributed by atoms with E-state index in [4.69, 9.17) is 37.9 Å². The zero-order valence-corrected chi connectivity index (χ0v) is 24.8. The molecule has 0 bridgehead atoms. The highest BCUT2D eigenvalue weighted by molar-refractivity contribution is 5.66. The van der Waals surface area contributed by atoms with Crippen LogP contribution in [0.5, 0.6) is 11.5 Å². The van der Waals surface area contributed by atoms with Crippen molar-refractivity contribution in [3.05, 3.63) is 95.6 Å². The summed E-state index contributed by atoms with van der Waals surface area (Å²) in [4.78, 5) is 12.0. The highest BCUT2D eigenvalue weighted by Gasteiger charge is 2.57. The zero-order chi connectivity index (χ0) is 29.9. The van der Waals surface area contributed by atoms with Crippen molar-refractivity contribution in [3.8, 4) is 11.5 Å². The van der Waals surface area contributed by atoms with Gasteiger partial charge in [0.05, 0.1) is 20.8 Å². The molecule has 2 aliphatic rings. The van der Waals surface area contributed by atoms with Crippen molar-refractivity contribution >= 4 is 5.97 Å². The number of hydrogen-bond acceptors (Lipinski definition) is 9. The molecule has 0 radical (unpaired) electrons. The van der Waals surface area contributed by atoms with Crippen molar-refractivity contribution in [2.75, 3.05) is 27.9 Å². The van der Waals surface area contributed by atoms with E-state index >= 15 is 0 Å².